The second-order valence-electron chi connectivity index (χ2n) is 3.64. The highest BCUT2D eigenvalue weighted by molar-refractivity contribution is 7.79. The van der Waals surface area contributed by atoms with Crippen LogP contribution in [0.5, 0.6) is 0 Å². The first-order valence-corrected chi connectivity index (χ1v) is 6.16. The third kappa shape index (κ3) is 2.32. The SMILES string of the molecule is CNC(Cc1ccc2[nH]ccc2c1)S(=O)[O-]. The summed E-state index contributed by atoms with van der Waals surface area (Å²) in [4.78, 5) is 3.10. The van der Waals surface area contributed by atoms with Gasteiger partial charge in [0.25, 0.3) is 0 Å². The smallest absolute Gasteiger partial charge is 0.0739 e. The molecule has 0 aliphatic heterocycles. The average Bonchev–Trinajstić information content (AvgIpc) is 2.72. The Morgan fingerprint density at radius 3 is 3.00 bits per heavy atom. The molecule has 0 radical (unpaired) electrons. The molecule has 0 amide bonds. The Kier molecular flexibility index (Phi) is 3.38. The second kappa shape index (κ2) is 4.78. The van der Waals surface area contributed by atoms with E-state index in [1.54, 1.807) is 7.05 Å². The number of likely N-dealkylation sites (N-methyl/N-ethyl adjacent to an activating group) is 1. The third-order valence-electron chi connectivity index (χ3n) is 2.59. The van der Waals surface area contributed by atoms with Crippen molar-refractivity contribution >= 4 is 22.0 Å². The lowest BCUT2D eigenvalue weighted by molar-refractivity contribution is 0.509. The Labute approximate surface area is 96.3 Å². The minimum Gasteiger partial charge on any atom is -0.771 e. The summed E-state index contributed by atoms with van der Waals surface area (Å²) in [5, 5.41) is 3.34. The summed E-state index contributed by atoms with van der Waals surface area (Å²) in [6, 6.07) is 7.88. The molecule has 86 valence electrons. The summed E-state index contributed by atoms with van der Waals surface area (Å²) in [5.74, 6) is 0. The number of H-pyrrole nitrogens is 1. The number of hydrogen-bond donors (Lipinski definition) is 2. The first-order chi connectivity index (χ1) is 7.70. The molecule has 1 aromatic carbocycles. The number of nitrogens with one attached hydrogen (secondary N) is 2. The van der Waals surface area contributed by atoms with Crippen LogP contribution >= 0.6 is 0 Å². The largest absolute Gasteiger partial charge is 0.771 e. The Morgan fingerprint density at radius 2 is 2.31 bits per heavy atom. The van der Waals surface area contributed by atoms with Crippen LogP contribution in [0.3, 0.4) is 0 Å². The number of aromatic nitrogens is 1. The van der Waals surface area contributed by atoms with Crippen LogP contribution in [-0.4, -0.2) is 26.2 Å². The zero-order valence-electron chi connectivity index (χ0n) is 8.90. The van der Waals surface area contributed by atoms with Crippen LogP contribution in [-0.2, 0) is 17.5 Å². The van der Waals surface area contributed by atoms with Crippen molar-refractivity contribution in [1.82, 2.24) is 10.3 Å². The van der Waals surface area contributed by atoms with E-state index in [0.29, 0.717) is 6.42 Å². The highest BCUT2D eigenvalue weighted by Crippen LogP contribution is 2.15. The molecular weight excluding hydrogens is 224 g/mol. The standard InChI is InChI=1S/C11H14N2O2S/c1-12-11(16(14)15)7-8-2-3-10-9(6-8)4-5-13-10/h2-6,11-13H,7H2,1H3,(H,14,15)/p-1. The Balaban J connectivity index is 2.23. The van der Waals surface area contributed by atoms with Crippen molar-refractivity contribution in [3.63, 3.8) is 0 Å². The van der Waals surface area contributed by atoms with Crippen LogP contribution in [0.2, 0.25) is 0 Å². The first-order valence-electron chi connectivity index (χ1n) is 5.02. The predicted octanol–water partition coefficient (Wildman–Crippen LogP) is 1.13. The van der Waals surface area contributed by atoms with E-state index in [-0.39, 0.29) is 0 Å². The summed E-state index contributed by atoms with van der Waals surface area (Å²) < 4.78 is 21.8. The molecule has 1 aromatic heterocycles. The van der Waals surface area contributed by atoms with Gasteiger partial charge >= 0.3 is 0 Å². The van der Waals surface area contributed by atoms with Crippen molar-refractivity contribution in [3.8, 4) is 0 Å². The maximum Gasteiger partial charge on any atom is 0.0739 e. The van der Waals surface area contributed by atoms with E-state index in [1.807, 2.05) is 30.5 Å². The zero-order valence-corrected chi connectivity index (χ0v) is 9.71. The van der Waals surface area contributed by atoms with Gasteiger partial charge in [-0.25, -0.2) is 0 Å². The molecule has 0 aliphatic carbocycles. The first kappa shape index (κ1) is 11.3. The monoisotopic (exact) mass is 237 g/mol. The fraction of sp³-hybridized carbons (Fsp3) is 0.273. The summed E-state index contributed by atoms with van der Waals surface area (Å²) in [7, 11) is 1.65. The zero-order chi connectivity index (χ0) is 11.5. The topological polar surface area (TPSA) is 68.0 Å². The van der Waals surface area contributed by atoms with Gasteiger partial charge in [0.05, 0.1) is 5.37 Å². The van der Waals surface area contributed by atoms with Gasteiger partial charge in [-0.1, -0.05) is 6.07 Å². The normalized spacial score (nSPS) is 15.1. The van der Waals surface area contributed by atoms with Crippen molar-refractivity contribution in [3.05, 3.63) is 36.0 Å². The van der Waals surface area contributed by atoms with E-state index < -0.39 is 16.5 Å². The molecule has 4 nitrogen and oxygen atoms in total. The van der Waals surface area contributed by atoms with Crippen LogP contribution in [0.1, 0.15) is 5.56 Å². The molecule has 0 bridgehead atoms. The van der Waals surface area contributed by atoms with Gasteiger partial charge in [-0.2, -0.15) is 0 Å². The molecule has 0 aliphatic rings. The maximum atomic E-state index is 10.9. The number of hydrogen-bond acceptors (Lipinski definition) is 3. The van der Waals surface area contributed by atoms with Crippen LogP contribution in [0.4, 0.5) is 0 Å². The van der Waals surface area contributed by atoms with E-state index in [9.17, 15) is 8.76 Å². The van der Waals surface area contributed by atoms with Crippen molar-refractivity contribution < 1.29 is 8.76 Å². The quantitative estimate of drug-likeness (QED) is 0.783. The average molecular weight is 237 g/mol. The molecular formula is C11H13N2O2S-. The fourth-order valence-electron chi connectivity index (χ4n) is 1.71. The van der Waals surface area contributed by atoms with Gasteiger partial charge in [0.2, 0.25) is 0 Å². The lowest BCUT2D eigenvalue weighted by atomic mass is 10.1. The van der Waals surface area contributed by atoms with Gasteiger partial charge in [-0.15, -0.1) is 0 Å². The summed E-state index contributed by atoms with van der Waals surface area (Å²) in [6.07, 6.45) is 2.35. The minimum absolute atomic E-state index is 0.480. The Morgan fingerprint density at radius 1 is 1.50 bits per heavy atom. The van der Waals surface area contributed by atoms with Gasteiger partial charge < -0.3 is 14.9 Å². The van der Waals surface area contributed by atoms with Crippen LogP contribution in [0.25, 0.3) is 10.9 Å². The molecule has 2 atom stereocenters. The minimum atomic E-state index is -2.10. The predicted molar refractivity (Wildman–Crippen MR) is 63.8 cm³/mol. The molecule has 0 fully saturated rings. The van der Waals surface area contributed by atoms with Gasteiger partial charge in [0.15, 0.2) is 0 Å². The molecule has 5 heteroatoms. The summed E-state index contributed by atoms with van der Waals surface area (Å²) in [5.41, 5.74) is 2.07. The number of fused-ring (bicyclic) bond motifs is 1. The maximum absolute atomic E-state index is 10.9. The molecule has 2 rings (SSSR count). The number of aromatic amines is 1. The molecule has 1 heterocycles. The Bertz CT molecular complexity index is 509. The van der Waals surface area contributed by atoms with Gasteiger partial charge in [-0.3, -0.25) is 4.21 Å². The van der Waals surface area contributed by atoms with Gasteiger partial charge in [0.1, 0.15) is 0 Å². The van der Waals surface area contributed by atoms with E-state index in [1.165, 1.54) is 0 Å². The van der Waals surface area contributed by atoms with Gasteiger partial charge in [-0.05, 0) is 53.7 Å². The van der Waals surface area contributed by atoms with Crippen molar-refractivity contribution in [2.75, 3.05) is 7.05 Å². The third-order valence-corrected chi connectivity index (χ3v) is 3.46. The number of rotatable bonds is 4. The summed E-state index contributed by atoms with van der Waals surface area (Å²) in [6.45, 7) is 0. The molecule has 0 saturated carbocycles. The number of benzene rings is 1. The molecule has 2 unspecified atom stereocenters. The fourth-order valence-corrected chi connectivity index (χ4v) is 2.23. The van der Waals surface area contributed by atoms with E-state index >= 15 is 0 Å². The summed E-state index contributed by atoms with van der Waals surface area (Å²) >= 11 is -2.10. The van der Waals surface area contributed by atoms with Crippen molar-refractivity contribution in [2.24, 2.45) is 0 Å². The highest BCUT2D eigenvalue weighted by atomic mass is 32.2. The molecule has 0 saturated heterocycles. The van der Waals surface area contributed by atoms with E-state index in [0.717, 1.165) is 16.5 Å². The lowest BCUT2D eigenvalue weighted by Gasteiger charge is -2.18. The molecule has 0 spiro atoms. The molecule has 2 N–H and O–H groups in total. The van der Waals surface area contributed by atoms with Crippen molar-refractivity contribution in [1.29, 1.82) is 0 Å². The highest BCUT2D eigenvalue weighted by Gasteiger charge is 2.07. The lowest BCUT2D eigenvalue weighted by Crippen LogP contribution is -2.31. The Hall–Kier alpha value is -1.17. The van der Waals surface area contributed by atoms with Crippen LogP contribution in [0.15, 0.2) is 30.5 Å². The van der Waals surface area contributed by atoms with E-state index in [2.05, 4.69) is 10.3 Å². The molecule has 16 heavy (non-hydrogen) atoms. The van der Waals surface area contributed by atoms with Crippen LogP contribution in [0, 0.1) is 0 Å². The van der Waals surface area contributed by atoms with E-state index in [4.69, 9.17) is 0 Å². The molecule has 2 aromatic rings. The van der Waals surface area contributed by atoms with Crippen LogP contribution < -0.4 is 5.32 Å². The second-order valence-corrected chi connectivity index (χ2v) is 4.73. The van der Waals surface area contributed by atoms with Gasteiger partial charge in [0, 0.05) is 11.7 Å². The van der Waals surface area contributed by atoms with Crippen molar-refractivity contribution in [2.45, 2.75) is 11.8 Å².